The van der Waals surface area contributed by atoms with E-state index >= 15 is 0 Å². The largest absolute Gasteiger partial charge is 0.443 e. The second-order valence-electron chi connectivity index (χ2n) is 6.84. The van der Waals surface area contributed by atoms with Crippen molar-refractivity contribution in [1.29, 1.82) is 0 Å². The van der Waals surface area contributed by atoms with E-state index in [1.807, 2.05) is 69.3 Å². The lowest BCUT2D eigenvalue weighted by Crippen LogP contribution is -2.27. The van der Waals surface area contributed by atoms with Crippen LogP contribution < -0.4 is 0 Å². The van der Waals surface area contributed by atoms with Crippen molar-refractivity contribution in [2.24, 2.45) is 0 Å². The Kier molecular flexibility index (Phi) is 3.58. The van der Waals surface area contributed by atoms with Crippen LogP contribution in [0.1, 0.15) is 20.8 Å². The molecular formula is C19H17N3O2S. The molecule has 0 aliphatic heterocycles. The molecule has 2 heterocycles. The third kappa shape index (κ3) is 2.78. The Hall–Kier alpha value is -2.73. The van der Waals surface area contributed by atoms with Gasteiger partial charge in [-0.15, -0.1) is 0 Å². The van der Waals surface area contributed by atoms with Crippen LogP contribution in [0.25, 0.3) is 33.2 Å². The summed E-state index contributed by atoms with van der Waals surface area (Å²) >= 11 is 1.17. The second-order valence-corrected chi connectivity index (χ2v) is 7.37. The average molecular weight is 351 g/mol. The van der Waals surface area contributed by atoms with Crippen molar-refractivity contribution in [3.05, 3.63) is 48.5 Å². The normalized spacial score (nSPS) is 12.0. The number of carbonyl (C=O) groups excluding carboxylic acids is 1. The first kappa shape index (κ1) is 15.8. The molecule has 4 aromatic rings. The zero-order valence-electron chi connectivity index (χ0n) is 14.2. The van der Waals surface area contributed by atoms with E-state index in [9.17, 15) is 4.79 Å². The number of benzene rings is 2. The molecule has 0 saturated heterocycles. The summed E-state index contributed by atoms with van der Waals surface area (Å²) in [6.07, 6.45) is -0.399. The van der Waals surface area contributed by atoms with Gasteiger partial charge in [0.05, 0.1) is 22.9 Å². The fourth-order valence-electron chi connectivity index (χ4n) is 2.87. The van der Waals surface area contributed by atoms with Gasteiger partial charge in [-0.05, 0) is 39.0 Å². The van der Waals surface area contributed by atoms with Crippen LogP contribution in [0.5, 0.6) is 0 Å². The fourth-order valence-corrected chi connectivity index (χ4v) is 3.42. The van der Waals surface area contributed by atoms with E-state index in [2.05, 4.69) is 8.75 Å². The number of ether oxygens (including phenoxy) is 1. The number of para-hydroxylation sites is 1. The summed E-state index contributed by atoms with van der Waals surface area (Å²) in [5.74, 6) is 0. The third-order valence-corrected chi connectivity index (χ3v) is 4.39. The van der Waals surface area contributed by atoms with Gasteiger partial charge in [-0.2, -0.15) is 8.75 Å². The Morgan fingerprint density at radius 2 is 1.88 bits per heavy atom. The van der Waals surface area contributed by atoms with Gasteiger partial charge in [0.2, 0.25) is 0 Å². The number of rotatable bonds is 1. The zero-order chi connectivity index (χ0) is 17.6. The number of hydrogen-bond donors (Lipinski definition) is 0. The van der Waals surface area contributed by atoms with Gasteiger partial charge in [0, 0.05) is 10.9 Å². The van der Waals surface area contributed by atoms with Crippen LogP contribution in [0.15, 0.2) is 48.5 Å². The molecule has 0 N–H and O–H groups in total. The van der Waals surface area contributed by atoms with Gasteiger partial charge < -0.3 is 4.74 Å². The van der Waals surface area contributed by atoms with Crippen molar-refractivity contribution < 1.29 is 9.53 Å². The minimum atomic E-state index is -0.575. The highest BCUT2D eigenvalue weighted by atomic mass is 32.1. The Morgan fingerprint density at radius 1 is 1.08 bits per heavy atom. The monoisotopic (exact) mass is 351 g/mol. The lowest BCUT2D eigenvalue weighted by Gasteiger charge is -2.21. The van der Waals surface area contributed by atoms with E-state index in [0.29, 0.717) is 0 Å². The molecule has 0 aliphatic rings. The lowest BCUT2D eigenvalue weighted by molar-refractivity contribution is 0.0547. The minimum absolute atomic E-state index is 0.399. The summed E-state index contributed by atoms with van der Waals surface area (Å²) in [7, 11) is 0. The molecule has 4 rings (SSSR count). The summed E-state index contributed by atoms with van der Waals surface area (Å²) in [6.45, 7) is 5.59. The van der Waals surface area contributed by atoms with Crippen molar-refractivity contribution in [3.8, 4) is 11.3 Å². The number of hydrogen-bond acceptors (Lipinski definition) is 5. The highest BCUT2D eigenvalue weighted by Crippen LogP contribution is 2.33. The van der Waals surface area contributed by atoms with E-state index in [-0.39, 0.29) is 0 Å². The van der Waals surface area contributed by atoms with Crippen molar-refractivity contribution in [2.45, 2.75) is 26.4 Å². The quantitative estimate of drug-likeness (QED) is 0.479. The molecule has 25 heavy (non-hydrogen) atoms. The number of fused-ring (bicyclic) bond motifs is 2. The molecule has 0 unspecified atom stereocenters. The summed E-state index contributed by atoms with van der Waals surface area (Å²) in [5.41, 5.74) is 3.48. The average Bonchev–Trinajstić information content (AvgIpc) is 3.17. The van der Waals surface area contributed by atoms with Crippen molar-refractivity contribution in [3.63, 3.8) is 0 Å². The summed E-state index contributed by atoms with van der Waals surface area (Å²) in [5, 5.41) is 0.976. The highest BCUT2D eigenvalue weighted by Gasteiger charge is 2.23. The van der Waals surface area contributed by atoms with E-state index < -0.39 is 11.7 Å². The molecule has 0 fully saturated rings. The molecule has 0 atom stereocenters. The van der Waals surface area contributed by atoms with Gasteiger partial charge in [-0.3, -0.25) is 0 Å². The predicted octanol–water partition coefficient (Wildman–Crippen LogP) is 5.10. The summed E-state index contributed by atoms with van der Waals surface area (Å²) in [4.78, 5) is 12.9. The summed E-state index contributed by atoms with van der Waals surface area (Å²) < 4.78 is 16.0. The first-order chi connectivity index (χ1) is 11.9. The molecule has 126 valence electrons. The van der Waals surface area contributed by atoms with Gasteiger partial charge in [0.15, 0.2) is 0 Å². The first-order valence-electron chi connectivity index (χ1n) is 7.99. The topological polar surface area (TPSA) is 57.0 Å². The Morgan fingerprint density at radius 3 is 2.68 bits per heavy atom. The predicted molar refractivity (Wildman–Crippen MR) is 100.0 cm³/mol. The van der Waals surface area contributed by atoms with Crippen LogP contribution in [0, 0.1) is 0 Å². The highest BCUT2D eigenvalue weighted by molar-refractivity contribution is 7.00. The molecule has 0 amide bonds. The van der Waals surface area contributed by atoms with Crippen molar-refractivity contribution in [1.82, 2.24) is 13.3 Å². The minimum Gasteiger partial charge on any atom is -0.443 e. The van der Waals surface area contributed by atoms with Gasteiger partial charge in [-0.1, -0.05) is 30.3 Å². The second kappa shape index (κ2) is 5.67. The summed E-state index contributed by atoms with van der Waals surface area (Å²) in [6, 6.07) is 15.6. The molecule has 2 aromatic heterocycles. The molecule has 0 saturated carbocycles. The van der Waals surface area contributed by atoms with Gasteiger partial charge in [0.25, 0.3) is 0 Å². The van der Waals surface area contributed by atoms with E-state index in [1.165, 1.54) is 11.7 Å². The molecular weight excluding hydrogens is 334 g/mol. The lowest BCUT2D eigenvalue weighted by atomic mass is 10.1. The first-order valence-corrected chi connectivity index (χ1v) is 8.72. The Balaban J connectivity index is 1.99. The Bertz CT molecular complexity index is 1090. The van der Waals surface area contributed by atoms with E-state index in [0.717, 1.165) is 33.2 Å². The smallest absolute Gasteiger partial charge is 0.419 e. The third-order valence-electron chi connectivity index (χ3n) is 3.85. The van der Waals surface area contributed by atoms with E-state index in [1.54, 1.807) is 4.57 Å². The van der Waals surface area contributed by atoms with Crippen LogP contribution in [0.4, 0.5) is 4.79 Å². The number of nitrogens with zero attached hydrogens (tertiary/aromatic N) is 3. The Labute approximate surface area is 149 Å². The van der Waals surface area contributed by atoms with Gasteiger partial charge in [0.1, 0.15) is 16.6 Å². The van der Waals surface area contributed by atoms with Crippen LogP contribution >= 0.6 is 11.7 Å². The molecule has 0 bridgehead atoms. The van der Waals surface area contributed by atoms with E-state index in [4.69, 9.17) is 4.74 Å². The number of carbonyl (C=O) groups is 1. The maximum atomic E-state index is 12.9. The molecule has 2 aromatic carbocycles. The molecule has 0 aliphatic carbocycles. The van der Waals surface area contributed by atoms with Crippen LogP contribution in [-0.2, 0) is 4.74 Å². The molecule has 0 radical (unpaired) electrons. The molecule has 6 heteroatoms. The number of aromatic nitrogens is 3. The SMILES string of the molecule is CC(C)(C)OC(=O)n1c(-c2cccc3nsnc23)cc2ccccc21. The van der Waals surface area contributed by atoms with Crippen LogP contribution in [0.2, 0.25) is 0 Å². The zero-order valence-corrected chi connectivity index (χ0v) is 15.0. The fraction of sp³-hybridized carbons (Fsp3) is 0.211. The van der Waals surface area contributed by atoms with Gasteiger partial charge in [-0.25, -0.2) is 9.36 Å². The van der Waals surface area contributed by atoms with Crippen LogP contribution in [-0.4, -0.2) is 25.0 Å². The van der Waals surface area contributed by atoms with Crippen LogP contribution in [0.3, 0.4) is 0 Å². The maximum absolute atomic E-state index is 12.9. The van der Waals surface area contributed by atoms with Gasteiger partial charge >= 0.3 is 6.09 Å². The van der Waals surface area contributed by atoms with Crippen molar-refractivity contribution >= 4 is 39.8 Å². The standard InChI is InChI=1S/C19H17N3O2S/c1-19(2,3)24-18(23)22-15-10-5-4-7-12(15)11-16(22)13-8-6-9-14-17(13)21-25-20-14/h4-11H,1-3H3. The molecule has 5 nitrogen and oxygen atoms in total. The molecule has 0 spiro atoms. The van der Waals surface area contributed by atoms with Crippen molar-refractivity contribution in [2.75, 3.05) is 0 Å². The maximum Gasteiger partial charge on any atom is 0.419 e.